The van der Waals surface area contributed by atoms with Crippen LogP contribution in [0.15, 0.2) is 78.9 Å². The van der Waals surface area contributed by atoms with Crippen LogP contribution in [0.3, 0.4) is 0 Å². The molecule has 8 nitrogen and oxygen atoms in total. The van der Waals surface area contributed by atoms with E-state index < -0.39 is 11.9 Å². The molecule has 0 atom stereocenters. The molecule has 4 rings (SSSR count). The molecule has 8 heteroatoms. The minimum Gasteiger partial charge on any atom is -0.491 e. The Morgan fingerprint density at radius 1 is 0.917 bits per heavy atom. The summed E-state index contributed by atoms with van der Waals surface area (Å²) in [7, 11) is 1.59. The maximum Gasteiger partial charge on any atom is 0.336 e. The first-order chi connectivity index (χ1) is 17.4. The lowest BCUT2D eigenvalue weighted by atomic mass is 9.91. The van der Waals surface area contributed by atoms with Gasteiger partial charge in [0.25, 0.3) is 5.91 Å². The zero-order chi connectivity index (χ0) is 25.7. The SMILES string of the molecule is COCCOc1cccc2cc(-c3ccccc3C(=O)O)c(C(=O)Nc3ccc(C(=N)N)cc3)cc12. The number of anilines is 1. The van der Waals surface area contributed by atoms with Gasteiger partial charge in [-0.25, -0.2) is 4.79 Å². The highest BCUT2D eigenvalue weighted by Crippen LogP contribution is 2.35. The number of aromatic carboxylic acids is 1. The van der Waals surface area contributed by atoms with Crippen molar-refractivity contribution in [3.63, 3.8) is 0 Å². The van der Waals surface area contributed by atoms with Crippen molar-refractivity contribution in [3.8, 4) is 16.9 Å². The van der Waals surface area contributed by atoms with E-state index in [9.17, 15) is 14.7 Å². The molecule has 5 N–H and O–H groups in total. The lowest BCUT2D eigenvalue weighted by Crippen LogP contribution is -2.15. The molecule has 0 aliphatic rings. The summed E-state index contributed by atoms with van der Waals surface area (Å²) in [5.41, 5.74) is 7.84. The van der Waals surface area contributed by atoms with E-state index in [4.69, 9.17) is 20.6 Å². The highest BCUT2D eigenvalue weighted by Gasteiger charge is 2.20. The van der Waals surface area contributed by atoms with Crippen molar-refractivity contribution in [2.24, 2.45) is 5.73 Å². The third-order valence-corrected chi connectivity index (χ3v) is 5.67. The van der Waals surface area contributed by atoms with Crippen LogP contribution in [0.4, 0.5) is 5.69 Å². The summed E-state index contributed by atoms with van der Waals surface area (Å²) in [6.07, 6.45) is 0. The average Bonchev–Trinajstić information content (AvgIpc) is 2.88. The number of rotatable bonds is 9. The van der Waals surface area contributed by atoms with Gasteiger partial charge in [-0.15, -0.1) is 0 Å². The highest BCUT2D eigenvalue weighted by atomic mass is 16.5. The Kier molecular flexibility index (Phi) is 7.27. The molecule has 182 valence electrons. The molecule has 0 radical (unpaired) electrons. The van der Waals surface area contributed by atoms with E-state index in [1.807, 2.05) is 18.2 Å². The zero-order valence-electron chi connectivity index (χ0n) is 19.6. The number of fused-ring (bicyclic) bond motifs is 1. The standard InChI is InChI=1S/C28H25N3O5/c1-35-13-14-36-25-8-4-5-18-15-23(20-6-2-3-7-21(20)28(33)34)24(16-22(18)25)27(32)31-19-11-9-17(10-12-19)26(29)30/h2-12,15-16H,13-14H2,1H3,(H3,29,30)(H,31,32)(H,33,34). The summed E-state index contributed by atoms with van der Waals surface area (Å²) < 4.78 is 10.9. The maximum absolute atomic E-state index is 13.5. The summed E-state index contributed by atoms with van der Waals surface area (Å²) in [5.74, 6) is -0.999. The van der Waals surface area contributed by atoms with E-state index in [-0.39, 0.29) is 17.0 Å². The summed E-state index contributed by atoms with van der Waals surface area (Å²) in [5, 5.41) is 21.7. The Balaban J connectivity index is 1.85. The van der Waals surface area contributed by atoms with E-state index >= 15 is 0 Å². The first-order valence-electron chi connectivity index (χ1n) is 11.2. The van der Waals surface area contributed by atoms with Crippen LogP contribution in [-0.4, -0.2) is 43.1 Å². The van der Waals surface area contributed by atoms with Crippen molar-refractivity contribution in [1.29, 1.82) is 5.41 Å². The molecule has 0 bridgehead atoms. The molecule has 0 aliphatic carbocycles. The molecule has 0 heterocycles. The van der Waals surface area contributed by atoms with Crippen LogP contribution in [0.1, 0.15) is 26.3 Å². The minimum atomic E-state index is -1.09. The number of hydrogen-bond acceptors (Lipinski definition) is 5. The summed E-state index contributed by atoms with van der Waals surface area (Å²) in [4.78, 5) is 25.5. The Morgan fingerprint density at radius 3 is 2.36 bits per heavy atom. The van der Waals surface area contributed by atoms with E-state index in [1.54, 1.807) is 61.7 Å². The van der Waals surface area contributed by atoms with Gasteiger partial charge in [0.05, 0.1) is 12.2 Å². The predicted octanol–water partition coefficient (Wildman–Crippen LogP) is 4.77. The zero-order valence-corrected chi connectivity index (χ0v) is 19.6. The Labute approximate surface area is 207 Å². The van der Waals surface area contributed by atoms with Gasteiger partial charge in [0.2, 0.25) is 0 Å². The number of carbonyl (C=O) groups excluding carboxylic acids is 1. The van der Waals surface area contributed by atoms with Gasteiger partial charge < -0.3 is 25.6 Å². The number of ether oxygens (including phenoxy) is 2. The average molecular weight is 484 g/mol. The number of amides is 1. The second-order valence-corrected chi connectivity index (χ2v) is 8.01. The van der Waals surface area contributed by atoms with Crippen LogP contribution in [0, 0.1) is 5.41 Å². The number of carboxylic acid groups (broad SMARTS) is 1. The molecule has 0 saturated carbocycles. The first-order valence-corrected chi connectivity index (χ1v) is 11.2. The molecule has 1 amide bonds. The molecule has 36 heavy (non-hydrogen) atoms. The van der Waals surface area contributed by atoms with Gasteiger partial charge in [0.1, 0.15) is 18.2 Å². The largest absolute Gasteiger partial charge is 0.491 e. The smallest absolute Gasteiger partial charge is 0.336 e. The third kappa shape index (κ3) is 5.18. The van der Waals surface area contributed by atoms with Crippen molar-refractivity contribution in [3.05, 3.63) is 95.6 Å². The molecule has 0 aliphatic heterocycles. The number of hydrogen-bond donors (Lipinski definition) is 4. The molecule has 4 aromatic rings. The van der Waals surface area contributed by atoms with Gasteiger partial charge in [0.15, 0.2) is 0 Å². The highest BCUT2D eigenvalue weighted by molar-refractivity contribution is 6.13. The van der Waals surface area contributed by atoms with Crippen molar-refractivity contribution < 1.29 is 24.2 Å². The summed E-state index contributed by atoms with van der Waals surface area (Å²) >= 11 is 0. The fourth-order valence-electron chi connectivity index (χ4n) is 3.90. The number of nitrogens with one attached hydrogen (secondary N) is 2. The van der Waals surface area contributed by atoms with Gasteiger partial charge >= 0.3 is 5.97 Å². The number of nitrogens with two attached hydrogens (primary N) is 1. The van der Waals surface area contributed by atoms with E-state index in [0.29, 0.717) is 46.7 Å². The lowest BCUT2D eigenvalue weighted by Gasteiger charge is -2.16. The first kappa shape index (κ1) is 24.4. The second kappa shape index (κ2) is 10.7. The third-order valence-electron chi connectivity index (χ3n) is 5.67. The molecular weight excluding hydrogens is 458 g/mol. The normalized spacial score (nSPS) is 10.7. The number of carboxylic acids is 1. The lowest BCUT2D eigenvalue weighted by molar-refractivity contribution is 0.0697. The molecule has 4 aromatic carbocycles. The predicted molar refractivity (Wildman–Crippen MR) is 139 cm³/mol. The Bertz CT molecular complexity index is 1450. The molecule has 0 saturated heterocycles. The number of carbonyl (C=O) groups is 2. The van der Waals surface area contributed by atoms with Gasteiger partial charge in [-0.1, -0.05) is 30.3 Å². The number of amidine groups is 1. The number of nitrogen functional groups attached to an aromatic ring is 1. The van der Waals surface area contributed by atoms with Crippen LogP contribution in [0.25, 0.3) is 21.9 Å². The van der Waals surface area contributed by atoms with Crippen molar-refractivity contribution in [2.45, 2.75) is 0 Å². The molecule has 0 fully saturated rings. The fraction of sp³-hybridized carbons (Fsp3) is 0.107. The van der Waals surface area contributed by atoms with Crippen LogP contribution < -0.4 is 15.8 Å². The molecular formula is C28H25N3O5. The van der Waals surface area contributed by atoms with Crippen molar-refractivity contribution in [2.75, 3.05) is 25.6 Å². The Hall–Kier alpha value is -4.69. The van der Waals surface area contributed by atoms with Crippen LogP contribution in [0.2, 0.25) is 0 Å². The number of benzene rings is 4. The van der Waals surface area contributed by atoms with Crippen molar-refractivity contribution in [1.82, 2.24) is 0 Å². The van der Waals surface area contributed by atoms with Gasteiger partial charge in [-0.05, 0) is 65.0 Å². The minimum absolute atomic E-state index is 0.0732. The van der Waals surface area contributed by atoms with Crippen LogP contribution in [0.5, 0.6) is 5.75 Å². The second-order valence-electron chi connectivity index (χ2n) is 8.01. The summed E-state index contributed by atoms with van der Waals surface area (Å²) in [6.45, 7) is 0.743. The fourth-order valence-corrected chi connectivity index (χ4v) is 3.90. The van der Waals surface area contributed by atoms with E-state index in [2.05, 4.69) is 5.32 Å². The maximum atomic E-state index is 13.5. The van der Waals surface area contributed by atoms with Crippen molar-refractivity contribution >= 4 is 34.2 Å². The van der Waals surface area contributed by atoms with E-state index in [1.165, 1.54) is 6.07 Å². The molecule has 0 unspecified atom stereocenters. The molecule has 0 spiro atoms. The van der Waals surface area contributed by atoms with Gasteiger partial charge in [0, 0.05) is 29.3 Å². The van der Waals surface area contributed by atoms with Crippen LogP contribution in [-0.2, 0) is 4.74 Å². The van der Waals surface area contributed by atoms with Gasteiger partial charge in [-0.3, -0.25) is 10.2 Å². The van der Waals surface area contributed by atoms with E-state index in [0.717, 1.165) is 5.39 Å². The Morgan fingerprint density at radius 2 is 1.67 bits per heavy atom. The van der Waals surface area contributed by atoms with Gasteiger partial charge in [-0.2, -0.15) is 0 Å². The van der Waals surface area contributed by atoms with Crippen LogP contribution >= 0.6 is 0 Å². The number of methoxy groups -OCH3 is 1. The quantitative estimate of drug-likeness (QED) is 0.154. The topological polar surface area (TPSA) is 135 Å². The monoisotopic (exact) mass is 483 g/mol. The molecule has 0 aromatic heterocycles. The summed E-state index contributed by atoms with van der Waals surface area (Å²) in [6, 6.07) is 22.2.